The molecule has 0 radical (unpaired) electrons. The Morgan fingerprint density at radius 2 is 2.05 bits per heavy atom. The lowest BCUT2D eigenvalue weighted by Gasteiger charge is -2.18. The van der Waals surface area contributed by atoms with E-state index < -0.39 is 11.6 Å². The molecule has 3 rings (SSSR count). The van der Waals surface area contributed by atoms with Crippen LogP contribution in [0.3, 0.4) is 0 Å². The first kappa shape index (κ1) is 14.2. The molecule has 0 spiro atoms. The molecule has 0 aliphatic rings. The number of hydrogen-bond donors (Lipinski definition) is 1. The minimum absolute atomic E-state index is 0.205. The zero-order valence-electron chi connectivity index (χ0n) is 12.9. The highest BCUT2D eigenvalue weighted by Crippen LogP contribution is 2.25. The largest absolute Gasteiger partial charge is 0.455 e. The van der Waals surface area contributed by atoms with E-state index in [1.165, 1.54) is 4.80 Å². The van der Waals surface area contributed by atoms with Crippen molar-refractivity contribution in [1.82, 2.24) is 25.0 Å². The summed E-state index contributed by atoms with van der Waals surface area (Å²) in [5, 5.41) is 8.44. The van der Waals surface area contributed by atoms with Gasteiger partial charge in [-0.1, -0.05) is 6.07 Å². The highest BCUT2D eigenvalue weighted by molar-refractivity contribution is 5.95. The van der Waals surface area contributed by atoms with E-state index in [9.17, 15) is 4.79 Å². The lowest BCUT2D eigenvalue weighted by molar-refractivity contribution is 0.00629. The third kappa shape index (κ3) is 2.69. The molecular weight excluding hydrogens is 282 g/mol. The molecule has 114 valence electrons. The molecule has 3 aromatic rings. The Hall–Kier alpha value is -2.70. The second kappa shape index (κ2) is 4.94. The number of benzene rings is 1. The Kier molecular flexibility index (Phi) is 3.20. The maximum absolute atomic E-state index is 12.3. The fourth-order valence-corrected chi connectivity index (χ4v) is 2.15. The van der Waals surface area contributed by atoms with Gasteiger partial charge < -0.3 is 9.72 Å². The van der Waals surface area contributed by atoms with E-state index in [1.54, 1.807) is 13.4 Å². The van der Waals surface area contributed by atoms with Crippen LogP contribution in [0.2, 0.25) is 0 Å². The molecule has 1 N–H and O–H groups in total. The predicted molar refractivity (Wildman–Crippen MR) is 81.3 cm³/mol. The number of nitrogens with zero attached hydrogens (tertiary/aromatic N) is 4. The second-order valence-electron chi connectivity index (χ2n) is 6.02. The topological polar surface area (TPSA) is 85.7 Å². The zero-order valence-corrected chi connectivity index (χ0v) is 12.9. The molecule has 0 saturated heterocycles. The van der Waals surface area contributed by atoms with Crippen LogP contribution in [-0.4, -0.2) is 36.5 Å². The average molecular weight is 299 g/mol. The van der Waals surface area contributed by atoms with Crippen molar-refractivity contribution in [2.45, 2.75) is 26.4 Å². The first-order valence-corrected chi connectivity index (χ1v) is 6.92. The number of aromatic nitrogens is 5. The Morgan fingerprint density at radius 3 is 2.77 bits per heavy atom. The van der Waals surface area contributed by atoms with Gasteiger partial charge in [0.05, 0.1) is 17.4 Å². The van der Waals surface area contributed by atoms with Gasteiger partial charge in [-0.3, -0.25) is 0 Å². The van der Waals surface area contributed by atoms with Gasteiger partial charge in [0.1, 0.15) is 11.3 Å². The number of rotatable bonds is 2. The van der Waals surface area contributed by atoms with Crippen LogP contribution in [0.4, 0.5) is 0 Å². The minimum Gasteiger partial charge on any atom is -0.455 e. The molecule has 0 aliphatic heterocycles. The average Bonchev–Trinajstić information content (AvgIpc) is 3.01. The van der Waals surface area contributed by atoms with Gasteiger partial charge in [-0.25, -0.2) is 9.78 Å². The summed E-state index contributed by atoms with van der Waals surface area (Å²) in [5.41, 5.74) is 2.62. The maximum atomic E-state index is 12.3. The summed E-state index contributed by atoms with van der Waals surface area (Å²) in [6.07, 6.45) is 1.62. The number of H-pyrrole nitrogens is 1. The summed E-state index contributed by atoms with van der Waals surface area (Å²) in [5.74, 6) is -0.486. The van der Waals surface area contributed by atoms with E-state index in [-0.39, 0.29) is 5.69 Å². The molecule has 0 fully saturated rings. The monoisotopic (exact) mass is 299 g/mol. The van der Waals surface area contributed by atoms with Crippen molar-refractivity contribution in [2.75, 3.05) is 0 Å². The van der Waals surface area contributed by atoms with Crippen LogP contribution in [0.25, 0.3) is 22.3 Å². The van der Waals surface area contributed by atoms with Crippen LogP contribution in [0, 0.1) is 0 Å². The molecule has 0 saturated carbocycles. The minimum atomic E-state index is -0.584. The van der Waals surface area contributed by atoms with Gasteiger partial charge in [0.15, 0.2) is 5.69 Å². The number of nitrogens with one attached hydrogen (secondary N) is 1. The lowest BCUT2D eigenvalue weighted by atomic mass is 10.1. The van der Waals surface area contributed by atoms with E-state index in [4.69, 9.17) is 4.74 Å². The van der Waals surface area contributed by atoms with Gasteiger partial charge in [-0.05, 0) is 32.9 Å². The van der Waals surface area contributed by atoms with Gasteiger partial charge in [-0.2, -0.15) is 9.90 Å². The number of fused-ring (bicyclic) bond motifs is 1. The third-order valence-electron chi connectivity index (χ3n) is 3.00. The lowest BCUT2D eigenvalue weighted by Crippen LogP contribution is -2.24. The van der Waals surface area contributed by atoms with Gasteiger partial charge in [0, 0.05) is 12.6 Å². The number of esters is 1. The number of imidazole rings is 1. The standard InChI is InChI=1S/C15H17N5O2/c1-15(2,3)22-14(21)13-12(18-20(4)19-13)9-5-6-10-11(7-9)17-8-16-10/h5-8H,1-4H3,(H,16,17). The molecule has 0 unspecified atom stereocenters. The van der Waals surface area contributed by atoms with Crippen LogP contribution in [-0.2, 0) is 11.8 Å². The molecule has 0 atom stereocenters. The molecule has 2 aromatic heterocycles. The van der Waals surface area contributed by atoms with Crippen molar-refractivity contribution in [3.63, 3.8) is 0 Å². The maximum Gasteiger partial charge on any atom is 0.361 e. The van der Waals surface area contributed by atoms with Crippen LogP contribution in [0.1, 0.15) is 31.3 Å². The molecule has 0 bridgehead atoms. The van der Waals surface area contributed by atoms with Gasteiger partial charge >= 0.3 is 5.97 Å². The molecule has 7 heteroatoms. The van der Waals surface area contributed by atoms with Gasteiger partial charge in [-0.15, -0.1) is 5.10 Å². The van der Waals surface area contributed by atoms with Crippen LogP contribution >= 0.6 is 0 Å². The fraction of sp³-hybridized carbons (Fsp3) is 0.333. The van der Waals surface area contributed by atoms with Crippen LogP contribution in [0.15, 0.2) is 24.5 Å². The molecule has 0 aliphatic carbocycles. The Bertz CT molecular complexity index is 841. The van der Waals surface area contributed by atoms with E-state index >= 15 is 0 Å². The fourth-order valence-electron chi connectivity index (χ4n) is 2.15. The molecule has 22 heavy (non-hydrogen) atoms. The number of aromatic amines is 1. The number of hydrogen-bond acceptors (Lipinski definition) is 5. The summed E-state index contributed by atoms with van der Waals surface area (Å²) in [4.78, 5) is 20.9. The van der Waals surface area contributed by atoms with Crippen molar-refractivity contribution in [1.29, 1.82) is 0 Å². The molecule has 7 nitrogen and oxygen atoms in total. The summed E-state index contributed by atoms with van der Waals surface area (Å²) >= 11 is 0. The Balaban J connectivity index is 2.05. The summed E-state index contributed by atoms with van der Waals surface area (Å²) in [6, 6.07) is 5.62. The molecule has 2 heterocycles. The summed E-state index contributed by atoms with van der Waals surface area (Å²) in [6.45, 7) is 5.45. The second-order valence-corrected chi connectivity index (χ2v) is 6.02. The van der Waals surface area contributed by atoms with Crippen molar-refractivity contribution in [3.8, 4) is 11.3 Å². The first-order chi connectivity index (χ1) is 10.3. The first-order valence-electron chi connectivity index (χ1n) is 6.92. The normalized spacial score (nSPS) is 11.8. The molecule has 0 amide bonds. The van der Waals surface area contributed by atoms with Gasteiger partial charge in [0.25, 0.3) is 0 Å². The Labute approximate surface area is 127 Å². The predicted octanol–water partition coefficient (Wildman–Crippen LogP) is 2.31. The number of aryl methyl sites for hydroxylation is 1. The molecule has 1 aromatic carbocycles. The van der Waals surface area contributed by atoms with E-state index in [0.717, 1.165) is 16.6 Å². The summed E-state index contributed by atoms with van der Waals surface area (Å²) < 4.78 is 5.40. The van der Waals surface area contributed by atoms with Crippen molar-refractivity contribution in [2.24, 2.45) is 7.05 Å². The highest BCUT2D eigenvalue weighted by Gasteiger charge is 2.25. The highest BCUT2D eigenvalue weighted by atomic mass is 16.6. The van der Waals surface area contributed by atoms with E-state index in [0.29, 0.717) is 5.69 Å². The van der Waals surface area contributed by atoms with Crippen LogP contribution < -0.4 is 0 Å². The van der Waals surface area contributed by atoms with Crippen LogP contribution in [0.5, 0.6) is 0 Å². The quantitative estimate of drug-likeness (QED) is 0.734. The van der Waals surface area contributed by atoms with Crippen molar-refractivity contribution < 1.29 is 9.53 Å². The zero-order chi connectivity index (χ0) is 15.9. The smallest absolute Gasteiger partial charge is 0.361 e. The number of carbonyl (C=O) groups excluding carboxylic acids is 1. The summed E-state index contributed by atoms with van der Waals surface area (Å²) in [7, 11) is 1.67. The van der Waals surface area contributed by atoms with Crippen molar-refractivity contribution >= 4 is 17.0 Å². The SMILES string of the molecule is Cn1nc(C(=O)OC(C)(C)C)c(-c2ccc3nc[nH]c3c2)n1. The Morgan fingerprint density at radius 1 is 1.27 bits per heavy atom. The number of ether oxygens (including phenoxy) is 1. The van der Waals surface area contributed by atoms with E-state index in [2.05, 4.69) is 20.2 Å². The van der Waals surface area contributed by atoms with Crippen molar-refractivity contribution in [3.05, 3.63) is 30.2 Å². The number of carbonyl (C=O) groups is 1. The van der Waals surface area contributed by atoms with E-state index in [1.807, 2.05) is 39.0 Å². The van der Waals surface area contributed by atoms with Gasteiger partial charge in [0.2, 0.25) is 0 Å². The third-order valence-corrected chi connectivity index (χ3v) is 3.00. The molecular formula is C15H17N5O2.